The van der Waals surface area contributed by atoms with Crippen LogP contribution in [0.1, 0.15) is 35.1 Å². The van der Waals surface area contributed by atoms with Crippen LogP contribution in [0.3, 0.4) is 0 Å². The Labute approximate surface area is 357 Å². The summed E-state index contributed by atoms with van der Waals surface area (Å²) in [6.07, 6.45) is 2.17. The van der Waals surface area contributed by atoms with E-state index in [-0.39, 0.29) is 22.7 Å². The Balaban J connectivity index is 1.23. The van der Waals surface area contributed by atoms with Gasteiger partial charge in [-0.05, 0) is 326 Å². The van der Waals surface area contributed by atoms with E-state index in [1.165, 1.54) is 0 Å². The monoisotopic (exact) mass is 802 g/mol. The zero-order valence-corrected chi connectivity index (χ0v) is 33.5. The molecule has 1 nitrogen and oxygen atoms in total. The van der Waals surface area contributed by atoms with Gasteiger partial charge in [0.2, 0.25) is 0 Å². The Morgan fingerprint density at radius 1 is 0.212 bits per heavy atom. The van der Waals surface area contributed by atoms with Gasteiger partial charge in [0.05, 0.1) is 0 Å². The second-order valence-corrected chi connectivity index (χ2v) is 25.5. The third kappa shape index (κ3) is 1.14. The van der Waals surface area contributed by atoms with E-state index in [1.807, 2.05) is 0 Å². The fraction of sp³-hybridized carbons (Fsp3) is 0.0923. The Hall–Kier alpha value is -7.87. The topological polar surface area (TPSA) is 17.1 Å². The van der Waals surface area contributed by atoms with Crippen LogP contribution in [0.15, 0.2) is 0 Å². The van der Waals surface area contributed by atoms with Crippen molar-refractivity contribution in [3.8, 4) is 0 Å². The quantitative estimate of drug-likeness (QED) is 0.159. The molecule has 0 aromatic heterocycles. The highest BCUT2D eigenvalue weighted by Crippen LogP contribution is 2.93. The first-order valence-electron chi connectivity index (χ1n) is 25.2. The van der Waals surface area contributed by atoms with Gasteiger partial charge in [0.25, 0.3) is 0 Å². The number of rotatable bonds is 2. The lowest BCUT2D eigenvalue weighted by Crippen LogP contribution is -2.27. The summed E-state index contributed by atoms with van der Waals surface area (Å²) in [5, 5.41) is 88.3. The highest BCUT2D eigenvalue weighted by Gasteiger charge is 2.88. The van der Waals surface area contributed by atoms with Gasteiger partial charge in [-0.15, -0.1) is 0 Å². The SMILES string of the molecule is O=C(C1CC1)C1C23c4c5c6c7c8c9c(c%10c%11c2c2c4c4c%12c5c5c6c6c8c8c%13c9c9c%10c%10c%11c%11c2c2c4c4c%12c%12c5c5c6c8c6c8c%13c9c9c%10c%10c%11c2c2c4c4c%12c5c6c5c8c9c%10c2c45)C713. The van der Waals surface area contributed by atoms with Crippen LogP contribution >= 0.6 is 0 Å². The Kier molecular flexibility index (Phi) is 1.78. The molecule has 2 fully saturated rings. The summed E-state index contributed by atoms with van der Waals surface area (Å²) >= 11 is 0. The van der Waals surface area contributed by atoms with Crippen molar-refractivity contribution in [2.24, 2.45) is 11.8 Å². The molecule has 0 saturated heterocycles. The van der Waals surface area contributed by atoms with E-state index >= 15 is 4.79 Å². The Morgan fingerprint density at radius 3 is 0.455 bits per heavy atom. The van der Waals surface area contributed by atoms with Gasteiger partial charge in [-0.1, -0.05) is 0 Å². The molecule has 0 aliphatic heterocycles. The van der Waals surface area contributed by atoms with Crippen LogP contribution in [-0.4, -0.2) is 5.78 Å². The normalized spacial score (nSPS) is 25.1. The third-order valence-corrected chi connectivity index (χ3v) is 25.5. The molecule has 2 spiro atoms. The van der Waals surface area contributed by atoms with Gasteiger partial charge in [0, 0.05) is 22.7 Å². The molecular formula is C65H6O. The molecule has 0 N–H and O–H groups in total. The number of ketones is 1. The van der Waals surface area contributed by atoms with Crippen LogP contribution < -0.4 is 0 Å². The zero-order chi connectivity index (χ0) is 38.6. The molecule has 2 saturated carbocycles. The maximum absolute atomic E-state index is 16.3. The fourth-order valence-corrected chi connectivity index (χ4v) is 25.4. The highest BCUT2D eigenvalue weighted by molar-refractivity contribution is 6.82. The maximum atomic E-state index is 16.3. The summed E-state index contributed by atoms with van der Waals surface area (Å²) in [7, 11) is 0. The van der Waals surface area contributed by atoms with Gasteiger partial charge < -0.3 is 0 Å². The summed E-state index contributed by atoms with van der Waals surface area (Å²) in [6, 6.07) is 0. The first kappa shape index (κ1) is 23.4. The van der Waals surface area contributed by atoms with Gasteiger partial charge >= 0.3 is 0 Å². The van der Waals surface area contributed by atoms with Crippen molar-refractivity contribution in [2.75, 3.05) is 0 Å². The van der Waals surface area contributed by atoms with Crippen LogP contribution in [0.4, 0.5) is 0 Å². The second-order valence-electron chi connectivity index (χ2n) is 25.5. The molecule has 28 aromatic carbocycles. The number of benzene rings is 18. The number of Topliss-reactive ketones (excluding diaryl/α,β-unsaturated/α-hetero) is 1. The van der Waals surface area contributed by atoms with Crippen molar-refractivity contribution in [1.82, 2.24) is 0 Å². The van der Waals surface area contributed by atoms with E-state index in [2.05, 4.69) is 0 Å². The van der Waals surface area contributed by atoms with Gasteiger partial charge in [0.1, 0.15) is 5.78 Å². The van der Waals surface area contributed by atoms with Crippen molar-refractivity contribution in [2.45, 2.75) is 23.7 Å². The molecule has 0 atom stereocenters. The summed E-state index contributed by atoms with van der Waals surface area (Å²) in [4.78, 5) is 16.3. The van der Waals surface area contributed by atoms with E-state index in [4.69, 9.17) is 0 Å². The lowest BCUT2D eigenvalue weighted by molar-refractivity contribution is -0.122. The minimum Gasteiger partial charge on any atom is -0.299 e. The first-order chi connectivity index (χ1) is 32.9. The Morgan fingerprint density at radius 2 is 0.333 bits per heavy atom. The van der Waals surface area contributed by atoms with Crippen LogP contribution in [0.5, 0.6) is 0 Å². The van der Waals surface area contributed by atoms with Crippen molar-refractivity contribution >= 4 is 297 Å². The van der Waals surface area contributed by atoms with E-state index in [1.54, 1.807) is 313 Å². The minimum atomic E-state index is -0.335. The molecule has 28 aromatic rings. The van der Waals surface area contributed by atoms with E-state index < -0.39 is 0 Å². The number of carbonyl (C=O) groups excluding carboxylic acids is 1. The maximum Gasteiger partial charge on any atom is 0.141 e. The van der Waals surface area contributed by atoms with Crippen molar-refractivity contribution in [3.63, 3.8) is 0 Å². The lowest BCUT2D eigenvalue weighted by Gasteiger charge is -2.32. The molecule has 0 radical (unpaired) electrons. The van der Waals surface area contributed by atoms with Crippen molar-refractivity contribution in [3.05, 3.63) is 22.3 Å². The summed E-state index contributed by atoms with van der Waals surface area (Å²) < 4.78 is 0. The molecule has 66 heavy (non-hydrogen) atoms. The molecule has 34 rings (SSSR count). The fourth-order valence-electron chi connectivity index (χ4n) is 25.4. The summed E-state index contributed by atoms with van der Waals surface area (Å²) in [6.45, 7) is 0. The van der Waals surface area contributed by atoms with Gasteiger partial charge in [-0.2, -0.15) is 0 Å². The molecule has 6 aliphatic carbocycles. The minimum absolute atomic E-state index is 0.0222. The molecule has 0 heterocycles. The second kappa shape index (κ2) is 5.03. The summed E-state index contributed by atoms with van der Waals surface area (Å²) in [5.74, 6) is 0.827. The molecule has 0 bridgehead atoms. The van der Waals surface area contributed by atoms with Gasteiger partial charge in [-0.3, -0.25) is 4.79 Å². The smallest absolute Gasteiger partial charge is 0.141 e. The zero-order valence-electron chi connectivity index (χ0n) is 33.5. The average molecular weight is 803 g/mol. The standard InChI is InChI=1S/C65H6O/c66-62(3-1-2-3)63-64-58-50-42-32-22-14-6-4-5-8-12-10(6)18-26-20(12)30-24-16(8)17-9(5)13-11-7(4)15(14)23-29-19(11)27-21(13)31-25(17)35-34(24)44-38(30)48-40(26)46(36(42)28(18)22)54(58)56(48)60-52(44)53-45(35)39(31)49-41(27)47-37(29)43(33(23)32)51(50)59(64)55(47)57(49)61(53)65(60,63)64/h3,63H,1-2H2. The summed E-state index contributed by atoms with van der Waals surface area (Å²) in [5.41, 5.74) is 5.98. The van der Waals surface area contributed by atoms with E-state index in [9.17, 15) is 0 Å². The highest BCUT2D eigenvalue weighted by atomic mass is 16.1. The van der Waals surface area contributed by atoms with E-state index in [0.717, 1.165) is 12.8 Å². The van der Waals surface area contributed by atoms with Crippen molar-refractivity contribution in [1.29, 1.82) is 0 Å². The van der Waals surface area contributed by atoms with Crippen molar-refractivity contribution < 1.29 is 4.79 Å². The third-order valence-electron chi connectivity index (χ3n) is 25.5. The molecule has 1 heteroatoms. The van der Waals surface area contributed by atoms with Crippen LogP contribution in [0.25, 0.3) is 291 Å². The largest absolute Gasteiger partial charge is 0.299 e. The van der Waals surface area contributed by atoms with Crippen LogP contribution in [-0.2, 0) is 15.6 Å². The number of carbonyl (C=O) groups is 1. The molecule has 0 unspecified atom stereocenters. The molecule has 272 valence electrons. The Bertz CT molecular complexity index is 6560. The van der Waals surface area contributed by atoms with E-state index in [0.29, 0.717) is 5.78 Å². The van der Waals surface area contributed by atoms with Crippen LogP contribution in [0, 0.1) is 11.8 Å². The predicted octanol–water partition coefficient (Wildman–Crippen LogP) is 16.9. The first-order valence-corrected chi connectivity index (χ1v) is 25.2. The van der Waals surface area contributed by atoms with Crippen LogP contribution in [0.2, 0.25) is 0 Å². The van der Waals surface area contributed by atoms with Gasteiger partial charge in [0.15, 0.2) is 0 Å². The number of hydrogen-bond donors (Lipinski definition) is 0. The molecular weight excluding hydrogens is 797 g/mol. The van der Waals surface area contributed by atoms with Gasteiger partial charge in [-0.25, -0.2) is 0 Å². The molecule has 6 aliphatic rings. The predicted molar refractivity (Wildman–Crippen MR) is 275 cm³/mol. The lowest BCUT2D eigenvalue weighted by atomic mass is 9.68. The molecule has 0 amide bonds. The number of hydrogen-bond acceptors (Lipinski definition) is 1. The average Bonchev–Trinajstić information content (AvgIpc) is 3.95.